The van der Waals surface area contributed by atoms with Crippen LogP contribution >= 0.6 is 0 Å². The van der Waals surface area contributed by atoms with Gasteiger partial charge < -0.3 is 8.83 Å². The van der Waals surface area contributed by atoms with E-state index in [0.29, 0.717) is 0 Å². The molecule has 31 heavy (non-hydrogen) atoms. The first-order valence-electron chi connectivity index (χ1n) is 10.4. The average Bonchev–Trinajstić information content (AvgIpc) is 3.32. The van der Waals surface area contributed by atoms with E-state index in [1.54, 1.807) is 0 Å². The number of fused-ring (bicyclic) bond motifs is 4. The molecule has 0 N–H and O–H groups in total. The topological polar surface area (TPSA) is 34.0 Å². The molecule has 0 radical (unpaired) electrons. The Morgan fingerprint density at radius 3 is 2.19 bits per heavy atom. The van der Waals surface area contributed by atoms with E-state index in [4.69, 9.17) is 8.83 Å². The first-order chi connectivity index (χ1) is 15.1. The van der Waals surface area contributed by atoms with Crippen molar-refractivity contribution in [3.63, 3.8) is 0 Å². The Hall–Kier alpha value is -3.92. The third-order valence-electron chi connectivity index (χ3n) is 6.20. The van der Waals surface area contributed by atoms with E-state index >= 15 is 0 Å². The number of aromatic nitrogens is 2. The number of benzene rings is 3. The third-order valence-corrected chi connectivity index (χ3v) is 6.20. The largest absolute Gasteiger partial charge is 0.455 e. The molecule has 0 amide bonds. The fourth-order valence-corrected chi connectivity index (χ4v) is 4.58. The van der Waals surface area contributed by atoms with Gasteiger partial charge in [0, 0.05) is 29.0 Å². The highest BCUT2D eigenvalue weighted by Gasteiger charge is 2.30. The maximum atomic E-state index is 6.35. The van der Waals surface area contributed by atoms with Crippen molar-refractivity contribution in [2.45, 2.75) is 6.92 Å². The standard InChI is InChI=1S/C27H22N2O2/c1-17-15-16-19-18-9-4-6-13-23(18)30-26(19)25(17)21-11-8-12-22(28(21)2)27-29(3)20-10-5-7-14-24(20)31-27/h4-16H,1-3H3/q+2. The van der Waals surface area contributed by atoms with E-state index < -0.39 is 0 Å². The fraction of sp³-hybridized carbons (Fsp3) is 0.111. The Kier molecular flexibility index (Phi) is 3.78. The summed E-state index contributed by atoms with van der Waals surface area (Å²) in [5.74, 6) is 0.819. The van der Waals surface area contributed by atoms with Crippen LogP contribution < -0.4 is 9.13 Å². The molecular formula is C27H22N2O2+2. The van der Waals surface area contributed by atoms with Gasteiger partial charge in [0.15, 0.2) is 0 Å². The molecule has 3 aromatic heterocycles. The molecule has 0 saturated heterocycles. The van der Waals surface area contributed by atoms with Crippen molar-refractivity contribution in [1.29, 1.82) is 0 Å². The molecule has 0 unspecified atom stereocenters. The number of nitrogens with zero attached hydrogens (tertiary/aromatic N) is 2. The number of rotatable bonds is 2. The van der Waals surface area contributed by atoms with Crippen molar-refractivity contribution in [3.05, 3.63) is 84.4 Å². The lowest BCUT2D eigenvalue weighted by atomic mass is 10.0. The van der Waals surface area contributed by atoms with Gasteiger partial charge in [-0.25, -0.2) is 0 Å². The van der Waals surface area contributed by atoms with Gasteiger partial charge in [0.2, 0.25) is 11.3 Å². The Morgan fingerprint density at radius 2 is 1.35 bits per heavy atom. The lowest BCUT2D eigenvalue weighted by Crippen LogP contribution is -2.39. The van der Waals surface area contributed by atoms with Crippen molar-refractivity contribution >= 4 is 33.0 Å². The summed E-state index contributed by atoms with van der Waals surface area (Å²) in [6.07, 6.45) is 0. The zero-order chi connectivity index (χ0) is 21.1. The summed E-state index contributed by atoms with van der Waals surface area (Å²) >= 11 is 0. The second-order valence-electron chi connectivity index (χ2n) is 8.02. The van der Waals surface area contributed by atoms with E-state index in [1.165, 1.54) is 5.56 Å². The van der Waals surface area contributed by atoms with Crippen molar-refractivity contribution in [1.82, 2.24) is 0 Å². The van der Waals surface area contributed by atoms with Crippen LogP contribution in [0.3, 0.4) is 0 Å². The molecule has 6 rings (SSSR count). The maximum absolute atomic E-state index is 6.35. The monoisotopic (exact) mass is 406 g/mol. The average molecular weight is 406 g/mol. The summed E-state index contributed by atoms with van der Waals surface area (Å²) < 4.78 is 16.9. The molecule has 4 heteroatoms. The summed E-state index contributed by atoms with van der Waals surface area (Å²) in [6.45, 7) is 2.13. The molecule has 0 fully saturated rings. The molecule has 0 spiro atoms. The number of furan rings is 1. The van der Waals surface area contributed by atoms with Gasteiger partial charge in [0.25, 0.3) is 5.52 Å². The highest BCUT2D eigenvalue weighted by atomic mass is 16.4. The molecule has 0 saturated carbocycles. The minimum Gasteiger partial charge on any atom is -0.455 e. The van der Waals surface area contributed by atoms with Crippen LogP contribution in [0.25, 0.3) is 55.9 Å². The Labute approximate surface area is 179 Å². The van der Waals surface area contributed by atoms with Crippen molar-refractivity contribution in [3.8, 4) is 22.8 Å². The van der Waals surface area contributed by atoms with E-state index in [0.717, 1.165) is 55.9 Å². The lowest BCUT2D eigenvalue weighted by molar-refractivity contribution is -0.675. The van der Waals surface area contributed by atoms with Crippen LogP contribution in [0.1, 0.15) is 5.56 Å². The minimum atomic E-state index is 0.819. The van der Waals surface area contributed by atoms with Crippen LogP contribution in [0.4, 0.5) is 0 Å². The summed E-state index contributed by atoms with van der Waals surface area (Å²) in [4.78, 5) is 0. The predicted octanol–water partition coefficient (Wildman–Crippen LogP) is 5.62. The highest BCUT2D eigenvalue weighted by Crippen LogP contribution is 2.37. The van der Waals surface area contributed by atoms with Crippen LogP contribution in [0, 0.1) is 6.92 Å². The number of aryl methyl sites for hydroxylation is 2. The molecule has 0 aliphatic heterocycles. The molecule has 3 aromatic carbocycles. The molecule has 0 aliphatic rings. The first-order valence-corrected chi connectivity index (χ1v) is 10.4. The fourth-order valence-electron chi connectivity index (χ4n) is 4.58. The summed E-state index contributed by atoms with van der Waals surface area (Å²) in [7, 11) is 4.12. The predicted molar refractivity (Wildman–Crippen MR) is 121 cm³/mol. The van der Waals surface area contributed by atoms with Gasteiger partial charge >= 0.3 is 11.6 Å². The quantitative estimate of drug-likeness (QED) is 0.350. The second kappa shape index (κ2) is 6.54. The van der Waals surface area contributed by atoms with Crippen molar-refractivity contribution in [2.24, 2.45) is 14.1 Å². The summed E-state index contributed by atoms with van der Waals surface area (Å²) in [5.41, 5.74) is 8.14. The SMILES string of the molecule is Cc1ccc2c(oc3ccccc32)c1-c1cccc(-c2oc3ccccc3[n+]2C)[n+]1C. The molecule has 0 atom stereocenters. The number of para-hydroxylation sites is 3. The van der Waals surface area contributed by atoms with Gasteiger partial charge in [-0.15, -0.1) is 0 Å². The Balaban J connectivity index is 1.64. The minimum absolute atomic E-state index is 0.819. The van der Waals surface area contributed by atoms with Crippen LogP contribution in [0.2, 0.25) is 0 Å². The second-order valence-corrected chi connectivity index (χ2v) is 8.02. The molecule has 4 nitrogen and oxygen atoms in total. The van der Waals surface area contributed by atoms with Crippen LogP contribution in [-0.2, 0) is 14.1 Å². The summed E-state index contributed by atoms with van der Waals surface area (Å²) in [5, 5.41) is 2.28. The van der Waals surface area contributed by atoms with Crippen LogP contribution in [-0.4, -0.2) is 0 Å². The Morgan fingerprint density at radius 1 is 0.613 bits per heavy atom. The van der Waals surface area contributed by atoms with E-state index in [2.05, 4.69) is 71.6 Å². The zero-order valence-corrected chi connectivity index (χ0v) is 17.7. The van der Waals surface area contributed by atoms with Crippen LogP contribution in [0.15, 0.2) is 87.7 Å². The summed E-state index contributed by atoms with van der Waals surface area (Å²) in [6, 6.07) is 27.0. The molecule has 3 heterocycles. The normalized spacial score (nSPS) is 11.7. The smallest absolute Gasteiger partial charge is 0.448 e. The third kappa shape index (κ3) is 2.55. The van der Waals surface area contributed by atoms with Gasteiger partial charge in [0.05, 0.1) is 5.56 Å². The van der Waals surface area contributed by atoms with E-state index in [9.17, 15) is 0 Å². The molecular weight excluding hydrogens is 384 g/mol. The van der Waals surface area contributed by atoms with E-state index in [-0.39, 0.29) is 0 Å². The van der Waals surface area contributed by atoms with Crippen molar-refractivity contribution < 1.29 is 18.0 Å². The maximum Gasteiger partial charge on any atom is 0.448 e. The lowest BCUT2D eigenvalue weighted by Gasteiger charge is -2.06. The Bertz CT molecular complexity index is 1620. The first kappa shape index (κ1) is 17.9. The number of hydrogen-bond acceptors (Lipinski definition) is 2. The molecule has 6 aromatic rings. The highest BCUT2D eigenvalue weighted by molar-refractivity contribution is 6.09. The van der Waals surface area contributed by atoms with Crippen LogP contribution in [0.5, 0.6) is 0 Å². The molecule has 0 bridgehead atoms. The number of pyridine rings is 1. The van der Waals surface area contributed by atoms with Gasteiger partial charge in [-0.3, -0.25) is 0 Å². The van der Waals surface area contributed by atoms with E-state index in [1.807, 2.05) is 37.4 Å². The van der Waals surface area contributed by atoms with Crippen molar-refractivity contribution in [2.75, 3.05) is 0 Å². The molecule has 0 aliphatic carbocycles. The number of hydrogen-bond donors (Lipinski definition) is 0. The van der Waals surface area contributed by atoms with Gasteiger partial charge in [0.1, 0.15) is 25.3 Å². The van der Waals surface area contributed by atoms with Gasteiger partial charge in [-0.1, -0.05) is 42.5 Å². The van der Waals surface area contributed by atoms with Gasteiger partial charge in [-0.05, 0) is 30.7 Å². The van der Waals surface area contributed by atoms with Gasteiger partial charge in [-0.2, -0.15) is 9.13 Å². The zero-order valence-electron chi connectivity index (χ0n) is 17.7. The molecule has 150 valence electrons. The number of oxazole rings is 1.